The van der Waals surface area contributed by atoms with E-state index in [1.165, 1.54) is 77.4 Å². The Hall–Kier alpha value is -5.92. The van der Waals surface area contributed by atoms with Gasteiger partial charge in [-0.2, -0.15) is 0 Å². The van der Waals surface area contributed by atoms with Crippen LogP contribution in [0.1, 0.15) is 22.3 Å². The van der Waals surface area contributed by atoms with E-state index in [0.29, 0.717) is 0 Å². The van der Waals surface area contributed by atoms with Crippen molar-refractivity contribution >= 4 is 38.6 Å². The fraction of sp³-hybridized carbons (Fsp3) is 0.0222. The van der Waals surface area contributed by atoms with Gasteiger partial charge in [0.05, 0.1) is 16.8 Å². The standard InChI is InChI=1S/C45H29N/c1-3-15-30(16-4-1)31-27-28-37-40(29-31)45(44-36-22-10-8-20-34(36)33-19-7-9-21-35(33)43(37)44)38-23-11-13-25-41(38)46(32-17-5-2-6-18-32)42-26-14-12-24-39(42)45/h1-29H. The molecule has 214 valence electrons. The third-order valence-corrected chi connectivity index (χ3v) is 10.2. The van der Waals surface area contributed by atoms with Gasteiger partial charge >= 0.3 is 0 Å². The summed E-state index contributed by atoms with van der Waals surface area (Å²) in [6.45, 7) is 0. The van der Waals surface area contributed by atoms with E-state index in [-0.39, 0.29) is 0 Å². The van der Waals surface area contributed by atoms with E-state index in [1.54, 1.807) is 0 Å². The van der Waals surface area contributed by atoms with Gasteiger partial charge in [-0.25, -0.2) is 0 Å². The van der Waals surface area contributed by atoms with Crippen molar-refractivity contribution < 1.29 is 0 Å². The molecule has 0 saturated heterocycles. The molecule has 1 spiro atoms. The monoisotopic (exact) mass is 583 g/mol. The second-order valence-electron chi connectivity index (χ2n) is 12.4. The van der Waals surface area contributed by atoms with E-state index in [4.69, 9.17) is 0 Å². The Balaban J connectivity index is 1.44. The average molecular weight is 584 g/mol. The van der Waals surface area contributed by atoms with Crippen molar-refractivity contribution in [3.63, 3.8) is 0 Å². The predicted octanol–water partition coefficient (Wildman–Crippen LogP) is 11.8. The van der Waals surface area contributed by atoms with Gasteiger partial charge in [-0.1, -0.05) is 146 Å². The van der Waals surface area contributed by atoms with Gasteiger partial charge in [-0.05, 0) is 96.4 Å². The van der Waals surface area contributed by atoms with Crippen LogP contribution in [0.25, 0.3) is 43.8 Å². The van der Waals surface area contributed by atoms with E-state index >= 15 is 0 Å². The number of rotatable bonds is 2. The molecule has 0 amide bonds. The Morgan fingerprint density at radius 3 is 1.57 bits per heavy atom. The van der Waals surface area contributed by atoms with E-state index in [9.17, 15) is 0 Å². The summed E-state index contributed by atoms with van der Waals surface area (Å²) in [5.41, 5.74) is 13.5. The molecule has 0 radical (unpaired) electrons. The molecule has 10 rings (SSSR count). The number of para-hydroxylation sites is 3. The molecular weight excluding hydrogens is 555 g/mol. The lowest BCUT2D eigenvalue weighted by Crippen LogP contribution is -2.36. The molecule has 0 N–H and O–H groups in total. The van der Waals surface area contributed by atoms with Gasteiger partial charge in [-0.15, -0.1) is 0 Å². The minimum absolute atomic E-state index is 0.530. The lowest BCUT2D eigenvalue weighted by molar-refractivity contribution is 0.759. The summed E-state index contributed by atoms with van der Waals surface area (Å²) < 4.78 is 0. The molecule has 0 saturated carbocycles. The minimum Gasteiger partial charge on any atom is -0.310 e. The second-order valence-corrected chi connectivity index (χ2v) is 12.4. The molecule has 1 aliphatic carbocycles. The summed E-state index contributed by atoms with van der Waals surface area (Å²) in [5.74, 6) is 0. The Morgan fingerprint density at radius 1 is 0.370 bits per heavy atom. The molecule has 0 bridgehead atoms. The maximum atomic E-state index is 2.49. The molecule has 2 aliphatic rings. The largest absolute Gasteiger partial charge is 0.310 e. The number of benzene rings is 8. The summed E-state index contributed by atoms with van der Waals surface area (Å²) in [7, 11) is 0. The number of hydrogen-bond donors (Lipinski definition) is 0. The zero-order valence-electron chi connectivity index (χ0n) is 25.2. The van der Waals surface area contributed by atoms with Crippen LogP contribution < -0.4 is 4.90 Å². The van der Waals surface area contributed by atoms with Gasteiger partial charge in [0.15, 0.2) is 0 Å². The Morgan fingerprint density at radius 2 is 0.891 bits per heavy atom. The van der Waals surface area contributed by atoms with Gasteiger partial charge in [0, 0.05) is 5.69 Å². The molecule has 8 aromatic carbocycles. The molecule has 8 aromatic rings. The van der Waals surface area contributed by atoms with E-state index in [0.717, 1.165) is 5.69 Å². The van der Waals surface area contributed by atoms with Gasteiger partial charge in [0.2, 0.25) is 0 Å². The van der Waals surface area contributed by atoms with Crippen LogP contribution >= 0.6 is 0 Å². The maximum Gasteiger partial charge on any atom is 0.0760 e. The van der Waals surface area contributed by atoms with Crippen molar-refractivity contribution in [1.82, 2.24) is 0 Å². The highest BCUT2D eigenvalue weighted by molar-refractivity contribution is 6.20. The average Bonchev–Trinajstić information content (AvgIpc) is 3.44. The van der Waals surface area contributed by atoms with Gasteiger partial charge in [-0.3, -0.25) is 0 Å². The van der Waals surface area contributed by atoms with Crippen LogP contribution in [0.4, 0.5) is 17.1 Å². The highest BCUT2D eigenvalue weighted by Crippen LogP contribution is 2.66. The summed E-state index contributed by atoms with van der Waals surface area (Å²) in [4.78, 5) is 2.46. The molecule has 1 aliphatic heterocycles. The first-order valence-corrected chi connectivity index (χ1v) is 16.0. The third-order valence-electron chi connectivity index (χ3n) is 10.2. The summed E-state index contributed by atoms with van der Waals surface area (Å²) in [6, 6.07) is 65.0. The molecule has 1 heterocycles. The highest BCUT2D eigenvalue weighted by Gasteiger charge is 2.53. The van der Waals surface area contributed by atoms with Crippen molar-refractivity contribution in [2.45, 2.75) is 5.41 Å². The Bertz CT molecular complexity index is 2430. The number of fused-ring (bicyclic) bond motifs is 14. The molecule has 0 atom stereocenters. The third kappa shape index (κ3) is 3.24. The van der Waals surface area contributed by atoms with Crippen LogP contribution in [-0.2, 0) is 5.41 Å². The summed E-state index contributed by atoms with van der Waals surface area (Å²) in [6.07, 6.45) is 0. The number of nitrogens with zero attached hydrogens (tertiary/aromatic N) is 1. The summed E-state index contributed by atoms with van der Waals surface area (Å²) in [5, 5.41) is 5.22. The fourth-order valence-corrected chi connectivity index (χ4v) is 8.49. The van der Waals surface area contributed by atoms with Crippen LogP contribution in [-0.4, -0.2) is 0 Å². The first kappa shape index (κ1) is 25.4. The molecule has 1 heteroatoms. The first-order valence-electron chi connectivity index (χ1n) is 16.0. The van der Waals surface area contributed by atoms with Crippen LogP contribution in [0.2, 0.25) is 0 Å². The van der Waals surface area contributed by atoms with Gasteiger partial charge < -0.3 is 4.90 Å². The van der Waals surface area contributed by atoms with E-state index in [2.05, 4.69) is 181 Å². The van der Waals surface area contributed by atoms with Crippen molar-refractivity contribution in [2.75, 3.05) is 4.90 Å². The van der Waals surface area contributed by atoms with Crippen LogP contribution in [0.5, 0.6) is 0 Å². The zero-order chi connectivity index (χ0) is 30.2. The van der Waals surface area contributed by atoms with Crippen LogP contribution in [0.15, 0.2) is 176 Å². The van der Waals surface area contributed by atoms with Crippen molar-refractivity contribution in [3.05, 3.63) is 198 Å². The minimum atomic E-state index is -0.530. The van der Waals surface area contributed by atoms with Crippen molar-refractivity contribution in [1.29, 1.82) is 0 Å². The summed E-state index contributed by atoms with van der Waals surface area (Å²) >= 11 is 0. The lowest BCUT2D eigenvalue weighted by atomic mass is 9.63. The normalized spacial score (nSPS) is 13.8. The molecular formula is C45H29N. The molecule has 0 unspecified atom stereocenters. The van der Waals surface area contributed by atoms with Gasteiger partial charge in [0.1, 0.15) is 0 Å². The maximum absolute atomic E-state index is 2.49. The smallest absolute Gasteiger partial charge is 0.0760 e. The topological polar surface area (TPSA) is 3.24 Å². The second kappa shape index (κ2) is 9.54. The Kier molecular flexibility index (Phi) is 5.27. The van der Waals surface area contributed by atoms with Crippen LogP contribution in [0.3, 0.4) is 0 Å². The van der Waals surface area contributed by atoms with Crippen molar-refractivity contribution in [2.24, 2.45) is 0 Å². The van der Waals surface area contributed by atoms with Crippen LogP contribution in [0, 0.1) is 0 Å². The predicted molar refractivity (Wildman–Crippen MR) is 192 cm³/mol. The van der Waals surface area contributed by atoms with Crippen molar-refractivity contribution in [3.8, 4) is 22.3 Å². The number of anilines is 3. The number of hydrogen-bond acceptors (Lipinski definition) is 1. The lowest BCUT2D eigenvalue weighted by Gasteiger charge is -2.45. The molecule has 0 aromatic heterocycles. The first-order chi connectivity index (χ1) is 22.9. The SMILES string of the molecule is c1ccc(-c2ccc3c(c2)C2(c4ccccc4N(c4ccccc4)c4ccccc42)c2c-3c3ccccc3c3ccccc23)cc1. The zero-order valence-corrected chi connectivity index (χ0v) is 25.2. The molecule has 1 nitrogen and oxygen atoms in total. The quantitative estimate of drug-likeness (QED) is 0.183. The fourth-order valence-electron chi connectivity index (χ4n) is 8.49. The Labute approximate surface area is 268 Å². The molecule has 0 fully saturated rings. The van der Waals surface area contributed by atoms with E-state index in [1.807, 2.05) is 0 Å². The van der Waals surface area contributed by atoms with E-state index < -0.39 is 5.41 Å². The highest BCUT2D eigenvalue weighted by atomic mass is 15.2. The molecule has 46 heavy (non-hydrogen) atoms. The van der Waals surface area contributed by atoms with Gasteiger partial charge in [0.25, 0.3) is 0 Å².